The third-order valence-electron chi connectivity index (χ3n) is 3.70. The van der Waals surface area contributed by atoms with Gasteiger partial charge in [-0.2, -0.15) is 0 Å². The fraction of sp³-hybridized carbons (Fsp3) is 0. The van der Waals surface area contributed by atoms with Crippen molar-refractivity contribution in [2.45, 2.75) is 0 Å². The van der Waals surface area contributed by atoms with E-state index in [4.69, 9.17) is 27.6 Å². The average molecular weight is 367 g/mol. The molecule has 0 saturated heterocycles. The van der Waals surface area contributed by atoms with Crippen LogP contribution in [0.5, 0.6) is 0 Å². The highest BCUT2D eigenvalue weighted by Crippen LogP contribution is 2.31. The molecule has 0 bridgehead atoms. The zero-order valence-electron chi connectivity index (χ0n) is 13.0. The van der Waals surface area contributed by atoms with Gasteiger partial charge in [-0.15, -0.1) is 0 Å². The summed E-state index contributed by atoms with van der Waals surface area (Å²) in [6, 6.07) is 20.9. The molecule has 4 rings (SSSR count). The second kappa shape index (κ2) is 6.71. The molecule has 3 aromatic carbocycles. The molecule has 0 aliphatic carbocycles. The summed E-state index contributed by atoms with van der Waals surface area (Å²) in [4.78, 5) is 9.02. The van der Waals surface area contributed by atoms with E-state index in [1.165, 1.54) is 0 Å². The van der Waals surface area contributed by atoms with E-state index in [0.717, 1.165) is 22.3 Å². The molecule has 0 aliphatic heterocycles. The van der Waals surface area contributed by atoms with Crippen LogP contribution in [0.15, 0.2) is 76.1 Å². The topological polar surface area (TPSA) is 38.4 Å². The van der Waals surface area contributed by atoms with Gasteiger partial charge in [-0.3, -0.25) is 4.99 Å². The van der Waals surface area contributed by atoms with Gasteiger partial charge in [0.2, 0.25) is 5.89 Å². The molecule has 4 aromatic rings. The molecule has 0 fully saturated rings. The first kappa shape index (κ1) is 15.9. The Hall–Kier alpha value is -2.62. The number of aromatic nitrogens is 1. The summed E-state index contributed by atoms with van der Waals surface area (Å²) in [5.41, 5.74) is 4.06. The van der Waals surface area contributed by atoms with Crippen LogP contribution in [0.4, 0.5) is 5.69 Å². The molecule has 0 radical (unpaired) electrons. The molecule has 122 valence electrons. The highest BCUT2D eigenvalue weighted by Gasteiger charge is 2.10. The first-order chi connectivity index (χ1) is 12.2. The van der Waals surface area contributed by atoms with Crippen LogP contribution in [0, 0.1) is 0 Å². The third kappa shape index (κ3) is 3.43. The largest absolute Gasteiger partial charge is 0.436 e. The smallest absolute Gasteiger partial charge is 0.227 e. The molecule has 1 aromatic heterocycles. The van der Waals surface area contributed by atoms with Crippen molar-refractivity contribution in [3.63, 3.8) is 0 Å². The second-order valence-corrected chi connectivity index (χ2v) is 6.28. The van der Waals surface area contributed by atoms with Gasteiger partial charge in [-0.1, -0.05) is 53.5 Å². The van der Waals surface area contributed by atoms with Crippen molar-refractivity contribution in [3.05, 3.63) is 82.3 Å². The fourth-order valence-electron chi connectivity index (χ4n) is 2.44. The van der Waals surface area contributed by atoms with Crippen molar-refractivity contribution in [2.24, 2.45) is 4.99 Å². The van der Waals surface area contributed by atoms with Crippen molar-refractivity contribution in [3.8, 4) is 11.5 Å². The van der Waals surface area contributed by atoms with Crippen LogP contribution in [-0.4, -0.2) is 11.2 Å². The van der Waals surface area contributed by atoms with Gasteiger partial charge in [0.1, 0.15) is 5.52 Å². The lowest BCUT2D eigenvalue weighted by atomic mass is 10.2. The van der Waals surface area contributed by atoms with Gasteiger partial charge in [-0.05, 0) is 42.0 Å². The Kier molecular flexibility index (Phi) is 4.26. The SMILES string of the molecule is Clc1ccc(-c2nc3cc(N=Cc4ccccc4)ccc3o2)cc1Cl. The summed E-state index contributed by atoms with van der Waals surface area (Å²) in [5, 5.41) is 0.966. The Morgan fingerprint density at radius 2 is 1.72 bits per heavy atom. The lowest BCUT2D eigenvalue weighted by Gasteiger charge is -1.97. The number of nitrogens with zero attached hydrogens (tertiary/aromatic N) is 2. The molecule has 25 heavy (non-hydrogen) atoms. The van der Waals surface area contributed by atoms with Gasteiger partial charge in [0.15, 0.2) is 5.58 Å². The van der Waals surface area contributed by atoms with Gasteiger partial charge in [0.25, 0.3) is 0 Å². The summed E-state index contributed by atoms with van der Waals surface area (Å²) in [6.45, 7) is 0. The molecule has 3 nitrogen and oxygen atoms in total. The molecule has 0 unspecified atom stereocenters. The van der Waals surface area contributed by atoms with Gasteiger partial charge < -0.3 is 4.42 Å². The zero-order valence-corrected chi connectivity index (χ0v) is 14.5. The number of hydrogen-bond acceptors (Lipinski definition) is 3. The van der Waals surface area contributed by atoms with Crippen LogP contribution in [0.1, 0.15) is 5.56 Å². The maximum absolute atomic E-state index is 6.07. The molecule has 0 saturated carbocycles. The highest BCUT2D eigenvalue weighted by atomic mass is 35.5. The van der Waals surface area contributed by atoms with Gasteiger partial charge in [0.05, 0.1) is 15.7 Å². The van der Waals surface area contributed by atoms with Crippen LogP contribution in [0.25, 0.3) is 22.6 Å². The minimum atomic E-state index is 0.467. The van der Waals surface area contributed by atoms with Gasteiger partial charge in [-0.25, -0.2) is 4.98 Å². The number of benzene rings is 3. The molecule has 0 atom stereocenters. The Bertz CT molecular complexity index is 1070. The van der Waals surface area contributed by atoms with Crippen molar-refractivity contribution < 1.29 is 4.42 Å². The van der Waals surface area contributed by atoms with Crippen molar-refractivity contribution in [2.75, 3.05) is 0 Å². The van der Waals surface area contributed by atoms with E-state index in [0.29, 0.717) is 21.5 Å². The second-order valence-electron chi connectivity index (χ2n) is 5.47. The number of halogens is 2. The Morgan fingerprint density at radius 1 is 0.880 bits per heavy atom. The number of oxazole rings is 1. The van der Waals surface area contributed by atoms with E-state index >= 15 is 0 Å². The van der Waals surface area contributed by atoms with Crippen LogP contribution < -0.4 is 0 Å². The summed E-state index contributed by atoms with van der Waals surface area (Å²) in [7, 11) is 0. The first-order valence-electron chi connectivity index (χ1n) is 7.64. The predicted molar refractivity (Wildman–Crippen MR) is 103 cm³/mol. The standard InChI is InChI=1S/C20H12Cl2N2O/c21-16-8-6-14(10-17(16)22)20-24-18-11-15(7-9-19(18)25-20)23-12-13-4-2-1-3-5-13/h1-12H. The number of rotatable bonds is 3. The van der Waals surface area contributed by atoms with E-state index in [9.17, 15) is 0 Å². The molecule has 0 spiro atoms. The van der Waals surface area contributed by atoms with E-state index in [1.807, 2.05) is 60.8 Å². The van der Waals surface area contributed by atoms with Gasteiger partial charge >= 0.3 is 0 Å². The fourth-order valence-corrected chi connectivity index (χ4v) is 2.74. The van der Waals surface area contributed by atoms with Gasteiger partial charge in [0, 0.05) is 11.8 Å². The summed E-state index contributed by atoms with van der Waals surface area (Å²) in [6.07, 6.45) is 1.82. The van der Waals surface area contributed by atoms with Crippen LogP contribution in [-0.2, 0) is 0 Å². The maximum atomic E-state index is 6.07. The molecule has 1 heterocycles. The Balaban J connectivity index is 1.67. The number of hydrogen-bond donors (Lipinski definition) is 0. The zero-order chi connectivity index (χ0) is 17.2. The molecule has 0 amide bonds. The highest BCUT2D eigenvalue weighted by molar-refractivity contribution is 6.42. The quantitative estimate of drug-likeness (QED) is 0.385. The van der Waals surface area contributed by atoms with E-state index in [2.05, 4.69) is 9.98 Å². The van der Waals surface area contributed by atoms with Crippen molar-refractivity contribution >= 4 is 46.2 Å². The Labute approximate surface area is 154 Å². The monoisotopic (exact) mass is 366 g/mol. The lowest BCUT2D eigenvalue weighted by Crippen LogP contribution is -1.78. The van der Waals surface area contributed by atoms with E-state index < -0.39 is 0 Å². The molecule has 0 N–H and O–H groups in total. The number of aliphatic imine (C=N–C) groups is 1. The van der Waals surface area contributed by atoms with Crippen molar-refractivity contribution in [1.29, 1.82) is 0 Å². The maximum Gasteiger partial charge on any atom is 0.227 e. The normalized spacial score (nSPS) is 11.4. The van der Waals surface area contributed by atoms with E-state index in [1.54, 1.807) is 12.1 Å². The van der Waals surface area contributed by atoms with Crippen LogP contribution in [0.3, 0.4) is 0 Å². The molecule has 5 heteroatoms. The van der Waals surface area contributed by atoms with Crippen LogP contribution in [0.2, 0.25) is 10.0 Å². The lowest BCUT2D eigenvalue weighted by molar-refractivity contribution is 0.620. The predicted octanol–water partition coefficient (Wildman–Crippen LogP) is 6.55. The molecular formula is C20H12Cl2N2O. The minimum Gasteiger partial charge on any atom is -0.436 e. The van der Waals surface area contributed by atoms with Crippen molar-refractivity contribution in [1.82, 2.24) is 4.98 Å². The third-order valence-corrected chi connectivity index (χ3v) is 4.44. The summed E-state index contributed by atoms with van der Waals surface area (Å²) in [5.74, 6) is 0.498. The average Bonchev–Trinajstić information content (AvgIpc) is 3.06. The summed E-state index contributed by atoms with van der Waals surface area (Å²) >= 11 is 12.0. The molecule has 0 aliphatic rings. The van der Waals surface area contributed by atoms with Crippen LogP contribution >= 0.6 is 23.2 Å². The minimum absolute atomic E-state index is 0.467. The number of fused-ring (bicyclic) bond motifs is 1. The first-order valence-corrected chi connectivity index (χ1v) is 8.40. The molecular weight excluding hydrogens is 355 g/mol. The summed E-state index contributed by atoms with van der Waals surface area (Å²) < 4.78 is 5.80. The van der Waals surface area contributed by atoms with E-state index in [-0.39, 0.29) is 0 Å². The Morgan fingerprint density at radius 3 is 2.52 bits per heavy atom.